The van der Waals surface area contributed by atoms with Crippen LogP contribution in [0.2, 0.25) is 0 Å². The molecule has 0 aliphatic rings. The van der Waals surface area contributed by atoms with Gasteiger partial charge in [0.25, 0.3) is 0 Å². The van der Waals surface area contributed by atoms with Crippen molar-refractivity contribution >= 4 is 11.9 Å². The number of carboxylic acid groups (broad SMARTS) is 2. The van der Waals surface area contributed by atoms with E-state index in [0.29, 0.717) is 6.42 Å². The highest BCUT2D eigenvalue weighted by Gasteiger charge is 2.26. The molecule has 0 bridgehead atoms. The third-order valence-corrected chi connectivity index (χ3v) is 2.55. The summed E-state index contributed by atoms with van der Waals surface area (Å²) in [5.74, 6) is -3.03. The first-order valence-electron chi connectivity index (χ1n) is 6.06. The predicted molar refractivity (Wildman–Crippen MR) is 67.4 cm³/mol. The van der Waals surface area contributed by atoms with Crippen molar-refractivity contribution < 1.29 is 24.2 Å². The Morgan fingerprint density at radius 1 is 1.26 bits per heavy atom. The van der Waals surface area contributed by atoms with Gasteiger partial charge in [-0.3, -0.25) is 0 Å². The lowest BCUT2D eigenvalue weighted by molar-refractivity contribution is 0.0622. The Hall–Kier alpha value is -1.85. The normalized spacial score (nSPS) is 13.3. The Kier molecular flexibility index (Phi) is 4.34. The van der Waals surface area contributed by atoms with Crippen LogP contribution in [0.25, 0.3) is 0 Å². The van der Waals surface area contributed by atoms with Crippen molar-refractivity contribution in [3.8, 4) is 0 Å². The van der Waals surface area contributed by atoms with Gasteiger partial charge >= 0.3 is 11.9 Å². The maximum absolute atomic E-state index is 10.9. The standard InChI is InChI=1S/C13H19NO5/c1-7(6-13(2,3)4)5-8-14-9(11(15)16)10(19-8)12(17)18/h7H,5-6H2,1-4H3,(H,15,16)(H,17,18). The molecule has 0 fully saturated rings. The van der Waals surface area contributed by atoms with Gasteiger partial charge in [-0.1, -0.05) is 27.7 Å². The van der Waals surface area contributed by atoms with Gasteiger partial charge in [-0.2, -0.15) is 0 Å². The number of hydrogen-bond acceptors (Lipinski definition) is 4. The molecule has 0 saturated heterocycles. The first-order chi connectivity index (χ1) is 8.60. The van der Waals surface area contributed by atoms with Gasteiger partial charge in [-0.25, -0.2) is 14.6 Å². The van der Waals surface area contributed by atoms with Crippen LogP contribution >= 0.6 is 0 Å². The summed E-state index contributed by atoms with van der Waals surface area (Å²) in [4.78, 5) is 25.5. The lowest BCUT2D eigenvalue weighted by Gasteiger charge is -2.22. The van der Waals surface area contributed by atoms with Gasteiger partial charge in [0.2, 0.25) is 11.5 Å². The van der Waals surface area contributed by atoms with E-state index in [4.69, 9.17) is 14.6 Å². The fourth-order valence-corrected chi connectivity index (χ4v) is 2.16. The predicted octanol–water partition coefficient (Wildman–Crippen LogP) is 2.69. The quantitative estimate of drug-likeness (QED) is 0.852. The van der Waals surface area contributed by atoms with E-state index in [2.05, 4.69) is 25.8 Å². The van der Waals surface area contributed by atoms with Crippen molar-refractivity contribution in [3.63, 3.8) is 0 Å². The molecule has 106 valence electrons. The van der Waals surface area contributed by atoms with E-state index in [1.54, 1.807) is 0 Å². The molecule has 1 rings (SSSR count). The molecular formula is C13H19NO5. The Balaban J connectivity index is 2.88. The first kappa shape index (κ1) is 15.2. The third kappa shape index (κ3) is 4.39. The number of carbonyl (C=O) groups is 2. The summed E-state index contributed by atoms with van der Waals surface area (Å²) >= 11 is 0. The lowest BCUT2D eigenvalue weighted by Crippen LogP contribution is -2.13. The largest absolute Gasteiger partial charge is 0.476 e. The summed E-state index contributed by atoms with van der Waals surface area (Å²) in [6.07, 6.45) is 1.32. The number of rotatable bonds is 5. The summed E-state index contributed by atoms with van der Waals surface area (Å²) in [5, 5.41) is 17.7. The summed E-state index contributed by atoms with van der Waals surface area (Å²) in [6, 6.07) is 0. The van der Waals surface area contributed by atoms with Crippen LogP contribution in [0.1, 0.15) is 61.0 Å². The van der Waals surface area contributed by atoms with Crippen LogP contribution in [0.15, 0.2) is 4.42 Å². The molecule has 1 heterocycles. The van der Waals surface area contributed by atoms with Gasteiger partial charge in [-0.05, 0) is 17.8 Å². The molecular weight excluding hydrogens is 250 g/mol. The zero-order chi connectivity index (χ0) is 14.8. The first-order valence-corrected chi connectivity index (χ1v) is 6.06. The van der Waals surface area contributed by atoms with Crippen LogP contribution in [0, 0.1) is 11.3 Å². The molecule has 1 aromatic rings. The van der Waals surface area contributed by atoms with Gasteiger partial charge in [0.1, 0.15) is 0 Å². The molecule has 0 aliphatic carbocycles. The highest BCUT2D eigenvalue weighted by Crippen LogP contribution is 2.26. The molecule has 2 N–H and O–H groups in total. The third-order valence-electron chi connectivity index (χ3n) is 2.55. The van der Waals surface area contributed by atoms with Gasteiger partial charge in [0, 0.05) is 6.42 Å². The fraction of sp³-hybridized carbons (Fsp3) is 0.615. The average molecular weight is 269 g/mol. The van der Waals surface area contributed by atoms with Crippen LogP contribution in [0.5, 0.6) is 0 Å². The molecule has 6 nitrogen and oxygen atoms in total. The van der Waals surface area contributed by atoms with E-state index >= 15 is 0 Å². The van der Waals surface area contributed by atoms with E-state index in [0.717, 1.165) is 6.42 Å². The van der Waals surface area contributed by atoms with Crippen molar-refractivity contribution in [3.05, 3.63) is 17.3 Å². The molecule has 0 saturated carbocycles. The molecule has 1 unspecified atom stereocenters. The molecule has 0 amide bonds. The molecule has 0 aromatic carbocycles. The molecule has 6 heteroatoms. The maximum Gasteiger partial charge on any atom is 0.374 e. The number of oxazole rings is 1. The van der Waals surface area contributed by atoms with E-state index in [1.165, 1.54) is 0 Å². The van der Waals surface area contributed by atoms with Crippen LogP contribution < -0.4 is 0 Å². The molecule has 0 spiro atoms. The lowest BCUT2D eigenvalue weighted by atomic mass is 9.84. The van der Waals surface area contributed by atoms with Gasteiger partial charge in [-0.15, -0.1) is 0 Å². The number of aromatic carboxylic acids is 2. The maximum atomic E-state index is 10.9. The van der Waals surface area contributed by atoms with Crippen molar-refractivity contribution in [1.82, 2.24) is 4.98 Å². The highest BCUT2D eigenvalue weighted by atomic mass is 16.4. The Labute approximate surface area is 111 Å². The van der Waals surface area contributed by atoms with Crippen LogP contribution in [-0.4, -0.2) is 27.1 Å². The number of nitrogens with zero attached hydrogens (tertiary/aromatic N) is 1. The highest BCUT2D eigenvalue weighted by molar-refractivity contribution is 5.98. The van der Waals surface area contributed by atoms with Crippen LogP contribution in [-0.2, 0) is 6.42 Å². The SMILES string of the molecule is CC(Cc1nc(C(=O)O)c(C(=O)O)o1)CC(C)(C)C. The second-order valence-electron chi connectivity index (χ2n) is 5.97. The van der Waals surface area contributed by atoms with E-state index < -0.39 is 23.4 Å². The van der Waals surface area contributed by atoms with Crippen LogP contribution in [0.4, 0.5) is 0 Å². The van der Waals surface area contributed by atoms with E-state index in [1.807, 2.05) is 6.92 Å². The Morgan fingerprint density at radius 2 is 1.84 bits per heavy atom. The summed E-state index contributed by atoms with van der Waals surface area (Å²) in [5.41, 5.74) is -0.400. The van der Waals surface area contributed by atoms with Crippen molar-refractivity contribution in [2.45, 2.75) is 40.5 Å². The van der Waals surface area contributed by atoms with Crippen LogP contribution in [0.3, 0.4) is 0 Å². The summed E-state index contributed by atoms with van der Waals surface area (Å²) < 4.78 is 5.03. The molecule has 1 atom stereocenters. The zero-order valence-electron chi connectivity index (χ0n) is 11.6. The smallest absolute Gasteiger partial charge is 0.374 e. The van der Waals surface area contributed by atoms with E-state index in [9.17, 15) is 9.59 Å². The number of aromatic nitrogens is 1. The molecule has 0 radical (unpaired) electrons. The van der Waals surface area contributed by atoms with E-state index in [-0.39, 0.29) is 17.2 Å². The van der Waals surface area contributed by atoms with Crippen molar-refractivity contribution in [2.75, 3.05) is 0 Å². The zero-order valence-corrected chi connectivity index (χ0v) is 11.6. The summed E-state index contributed by atoms with van der Waals surface area (Å²) in [6.45, 7) is 8.30. The summed E-state index contributed by atoms with van der Waals surface area (Å²) in [7, 11) is 0. The monoisotopic (exact) mass is 269 g/mol. The minimum absolute atomic E-state index is 0.136. The Morgan fingerprint density at radius 3 is 2.21 bits per heavy atom. The molecule has 19 heavy (non-hydrogen) atoms. The van der Waals surface area contributed by atoms with Gasteiger partial charge < -0.3 is 14.6 Å². The number of carboxylic acids is 2. The minimum Gasteiger partial charge on any atom is -0.476 e. The van der Waals surface area contributed by atoms with Gasteiger partial charge in [0.15, 0.2) is 5.89 Å². The topological polar surface area (TPSA) is 101 Å². The molecule has 0 aliphatic heterocycles. The van der Waals surface area contributed by atoms with Crippen molar-refractivity contribution in [2.24, 2.45) is 11.3 Å². The molecule has 1 aromatic heterocycles. The Bertz CT molecular complexity index is 452. The number of hydrogen-bond donors (Lipinski definition) is 2. The fourth-order valence-electron chi connectivity index (χ4n) is 2.16. The second-order valence-corrected chi connectivity index (χ2v) is 5.97. The minimum atomic E-state index is -1.42. The van der Waals surface area contributed by atoms with Crippen molar-refractivity contribution in [1.29, 1.82) is 0 Å². The van der Waals surface area contributed by atoms with Gasteiger partial charge in [0.05, 0.1) is 0 Å². The second kappa shape index (κ2) is 5.42. The average Bonchev–Trinajstić information content (AvgIpc) is 2.58.